The van der Waals surface area contributed by atoms with Crippen LogP contribution >= 0.6 is 0 Å². The highest BCUT2D eigenvalue weighted by molar-refractivity contribution is 6.09. The Labute approximate surface area is 261 Å². The van der Waals surface area contributed by atoms with Gasteiger partial charge in [-0.1, -0.05) is 115 Å². The van der Waals surface area contributed by atoms with Crippen molar-refractivity contribution >= 4 is 43.7 Å². The van der Waals surface area contributed by atoms with Gasteiger partial charge in [0.15, 0.2) is 11.6 Å². The molecule has 5 heteroatoms. The van der Waals surface area contributed by atoms with Crippen LogP contribution in [0.15, 0.2) is 150 Å². The standard InChI is InChI=1S/C39H24N4O/c1-2-10-25(11-3-1)26-18-20-27(21-19-26)37-40-38(28-22-23-32-31-14-6-9-17-35(31)44-36(32)24-28)42-39(41-37)43-33-15-7-4-12-29(33)30-13-5-8-16-34(30)43/h1-24H/i4D,5D,12D,13D,15D,16D. The van der Waals surface area contributed by atoms with E-state index in [1.54, 1.807) is 0 Å². The summed E-state index contributed by atoms with van der Waals surface area (Å²) in [7, 11) is 0. The molecule has 0 bridgehead atoms. The predicted octanol–water partition coefficient (Wildman–Crippen LogP) is 9.87. The van der Waals surface area contributed by atoms with Gasteiger partial charge in [-0.25, -0.2) is 4.98 Å². The molecule has 0 spiro atoms. The maximum atomic E-state index is 8.93. The van der Waals surface area contributed by atoms with Crippen LogP contribution in [0.25, 0.3) is 83.6 Å². The summed E-state index contributed by atoms with van der Waals surface area (Å²) >= 11 is 0. The summed E-state index contributed by atoms with van der Waals surface area (Å²) in [5.41, 5.74) is 5.17. The molecule has 206 valence electrons. The molecule has 0 saturated heterocycles. The van der Waals surface area contributed by atoms with Crippen molar-refractivity contribution in [3.63, 3.8) is 0 Å². The number of furan rings is 1. The van der Waals surface area contributed by atoms with Gasteiger partial charge in [-0.2, -0.15) is 9.97 Å². The lowest BCUT2D eigenvalue weighted by Crippen LogP contribution is -2.06. The van der Waals surface area contributed by atoms with Crippen LogP contribution in [0.2, 0.25) is 0 Å². The number of aromatic nitrogens is 4. The van der Waals surface area contributed by atoms with Crippen molar-refractivity contribution < 1.29 is 12.6 Å². The molecule has 0 aliphatic rings. The van der Waals surface area contributed by atoms with Gasteiger partial charge >= 0.3 is 0 Å². The van der Waals surface area contributed by atoms with Crippen LogP contribution in [-0.4, -0.2) is 19.5 Å². The van der Waals surface area contributed by atoms with E-state index in [0.717, 1.165) is 27.5 Å². The molecule has 3 heterocycles. The summed E-state index contributed by atoms with van der Waals surface area (Å²) in [6, 6.07) is 32.9. The molecule has 0 fully saturated rings. The van der Waals surface area contributed by atoms with E-state index in [1.807, 2.05) is 97.1 Å². The van der Waals surface area contributed by atoms with E-state index >= 15 is 0 Å². The van der Waals surface area contributed by atoms with Gasteiger partial charge in [-0.3, -0.25) is 4.57 Å². The van der Waals surface area contributed by atoms with Crippen LogP contribution < -0.4 is 0 Å². The Morgan fingerprint density at radius 3 is 1.82 bits per heavy atom. The lowest BCUT2D eigenvalue weighted by Gasteiger charge is -2.11. The molecule has 0 unspecified atom stereocenters. The van der Waals surface area contributed by atoms with E-state index in [9.17, 15) is 0 Å². The summed E-state index contributed by atoms with van der Waals surface area (Å²) in [6.45, 7) is 0. The summed E-state index contributed by atoms with van der Waals surface area (Å²) in [4.78, 5) is 14.7. The van der Waals surface area contributed by atoms with Crippen molar-refractivity contribution in [2.24, 2.45) is 0 Å². The highest BCUT2D eigenvalue weighted by Gasteiger charge is 2.18. The van der Waals surface area contributed by atoms with Gasteiger partial charge in [0, 0.05) is 32.7 Å². The van der Waals surface area contributed by atoms with Crippen molar-refractivity contribution in [1.82, 2.24) is 19.5 Å². The Morgan fingerprint density at radius 2 is 1.07 bits per heavy atom. The maximum Gasteiger partial charge on any atom is 0.238 e. The molecule has 9 aromatic rings. The number of rotatable bonds is 4. The number of para-hydroxylation sites is 3. The second-order valence-electron chi connectivity index (χ2n) is 10.4. The molecule has 9 rings (SSSR count). The number of hydrogen-bond donors (Lipinski definition) is 0. The highest BCUT2D eigenvalue weighted by atomic mass is 16.3. The lowest BCUT2D eigenvalue weighted by atomic mass is 10.0. The van der Waals surface area contributed by atoms with Crippen molar-refractivity contribution in [2.45, 2.75) is 0 Å². The first-order valence-electron chi connectivity index (χ1n) is 17.1. The minimum absolute atomic E-state index is 0.0677. The molecule has 0 aliphatic carbocycles. The molecular weight excluding hydrogens is 540 g/mol. The highest BCUT2D eigenvalue weighted by Crippen LogP contribution is 2.34. The van der Waals surface area contributed by atoms with Crippen molar-refractivity contribution in [3.05, 3.63) is 145 Å². The third-order valence-corrected chi connectivity index (χ3v) is 7.84. The Morgan fingerprint density at radius 1 is 0.477 bits per heavy atom. The Kier molecular flexibility index (Phi) is 4.25. The fourth-order valence-electron chi connectivity index (χ4n) is 5.74. The zero-order valence-corrected chi connectivity index (χ0v) is 23.1. The van der Waals surface area contributed by atoms with E-state index in [2.05, 4.69) is 0 Å². The van der Waals surface area contributed by atoms with Crippen molar-refractivity contribution in [1.29, 1.82) is 0 Å². The Bertz CT molecular complexity index is 2760. The molecule has 0 saturated carbocycles. The molecule has 0 amide bonds. The average Bonchev–Trinajstić information content (AvgIpc) is 3.70. The average molecular weight is 571 g/mol. The van der Waals surface area contributed by atoms with Crippen LogP contribution in [-0.2, 0) is 0 Å². The molecule has 0 radical (unpaired) electrons. The van der Waals surface area contributed by atoms with Gasteiger partial charge in [0.25, 0.3) is 0 Å². The smallest absolute Gasteiger partial charge is 0.238 e. The second-order valence-corrected chi connectivity index (χ2v) is 10.4. The second kappa shape index (κ2) is 9.75. The Balaban J connectivity index is 1.34. The van der Waals surface area contributed by atoms with Gasteiger partial charge in [0.2, 0.25) is 5.95 Å². The van der Waals surface area contributed by atoms with E-state index in [-0.39, 0.29) is 64.0 Å². The minimum atomic E-state index is -0.209. The maximum absolute atomic E-state index is 8.93. The van der Waals surface area contributed by atoms with Gasteiger partial charge < -0.3 is 4.42 Å². The third-order valence-electron chi connectivity index (χ3n) is 7.84. The molecule has 0 N–H and O–H groups in total. The van der Waals surface area contributed by atoms with Gasteiger partial charge in [-0.15, -0.1) is 0 Å². The van der Waals surface area contributed by atoms with Crippen LogP contribution in [0.4, 0.5) is 0 Å². The quantitative estimate of drug-likeness (QED) is 0.211. The topological polar surface area (TPSA) is 56.7 Å². The first-order chi connectivity index (χ1) is 24.3. The predicted molar refractivity (Wildman–Crippen MR) is 178 cm³/mol. The zero-order chi connectivity index (χ0) is 34.3. The summed E-state index contributed by atoms with van der Waals surface area (Å²) in [5.74, 6) is 0.700. The monoisotopic (exact) mass is 570 g/mol. The van der Waals surface area contributed by atoms with Crippen LogP contribution in [0.1, 0.15) is 8.22 Å². The lowest BCUT2D eigenvalue weighted by molar-refractivity contribution is 0.669. The molecular formula is C39H24N4O. The van der Waals surface area contributed by atoms with Crippen LogP contribution in [0.3, 0.4) is 0 Å². The molecule has 0 atom stereocenters. The summed E-state index contributed by atoms with van der Waals surface area (Å²) < 4.78 is 59.8. The van der Waals surface area contributed by atoms with E-state index in [0.29, 0.717) is 28.4 Å². The van der Waals surface area contributed by atoms with E-state index in [1.165, 1.54) is 16.7 Å². The fourth-order valence-corrected chi connectivity index (χ4v) is 5.74. The Hall–Kier alpha value is -6.07. The van der Waals surface area contributed by atoms with E-state index < -0.39 is 0 Å². The minimum Gasteiger partial charge on any atom is -0.456 e. The van der Waals surface area contributed by atoms with Gasteiger partial charge in [0.1, 0.15) is 11.2 Å². The normalized spacial score (nSPS) is 13.5. The van der Waals surface area contributed by atoms with Gasteiger partial charge in [-0.05, 0) is 41.4 Å². The van der Waals surface area contributed by atoms with Crippen LogP contribution in [0.5, 0.6) is 0 Å². The van der Waals surface area contributed by atoms with Gasteiger partial charge in [0.05, 0.1) is 19.3 Å². The first kappa shape index (κ1) is 19.2. The first-order valence-corrected chi connectivity index (χ1v) is 14.1. The molecule has 44 heavy (non-hydrogen) atoms. The fraction of sp³-hybridized carbons (Fsp3) is 0. The number of hydrogen-bond acceptors (Lipinski definition) is 4. The van der Waals surface area contributed by atoms with Crippen LogP contribution in [0, 0.1) is 0 Å². The molecule has 6 aromatic carbocycles. The number of benzene rings is 6. The SMILES string of the molecule is [2H]c1cc([2H])c2c(c1[2H])c1c([2H])c([2H])cc([2H])c1n2-c1nc(-c2ccc(-c3ccccc3)cc2)nc(-c2ccc3c(c2)oc2ccccc23)n1. The third kappa shape index (κ3) is 3.91. The van der Waals surface area contributed by atoms with E-state index in [4.69, 9.17) is 27.6 Å². The molecule has 0 aliphatic heterocycles. The molecule has 3 aromatic heterocycles. The molecule has 5 nitrogen and oxygen atoms in total. The number of fused-ring (bicyclic) bond motifs is 6. The largest absolute Gasteiger partial charge is 0.456 e. The summed E-state index contributed by atoms with van der Waals surface area (Å²) in [5, 5.41) is 2.19. The van der Waals surface area contributed by atoms with Crippen molar-refractivity contribution in [3.8, 4) is 39.9 Å². The number of nitrogens with zero attached hydrogens (tertiary/aromatic N) is 4. The summed E-state index contributed by atoms with van der Waals surface area (Å²) in [6.07, 6.45) is 0. The zero-order valence-electron chi connectivity index (χ0n) is 29.1. The van der Waals surface area contributed by atoms with Crippen molar-refractivity contribution in [2.75, 3.05) is 0 Å².